The van der Waals surface area contributed by atoms with E-state index in [0.717, 1.165) is 25.0 Å². The van der Waals surface area contributed by atoms with Crippen LogP contribution in [-0.4, -0.2) is 62.6 Å². The van der Waals surface area contributed by atoms with Crippen LogP contribution in [0, 0.1) is 0 Å². The van der Waals surface area contributed by atoms with Gasteiger partial charge in [-0.2, -0.15) is 0 Å². The van der Waals surface area contributed by atoms with Crippen molar-refractivity contribution in [3.63, 3.8) is 0 Å². The minimum absolute atomic E-state index is 0.0879. The molecule has 0 fully saturated rings. The Hall–Kier alpha value is -1.02. The van der Waals surface area contributed by atoms with Gasteiger partial charge < -0.3 is 23.4 Å². The maximum Gasteiger partial charge on any atom is 0.303 e. The Morgan fingerprint density at radius 2 is 1.50 bits per heavy atom. The molecule has 2 bridgehead atoms. The van der Waals surface area contributed by atoms with E-state index in [0.29, 0.717) is 17.6 Å². The van der Waals surface area contributed by atoms with Crippen molar-refractivity contribution in [1.29, 1.82) is 0 Å². The first-order chi connectivity index (χ1) is 19.2. The van der Waals surface area contributed by atoms with Crippen molar-refractivity contribution in [2.24, 2.45) is 0 Å². The summed E-state index contributed by atoms with van der Waals surface area (Å²) in [6.07, 6.45) is 25.5. The van der Waals surface area contributed by atoms with Crippen LogP contribution in [0.5, 0.6) is 0 Å². The molecule has 0 radical (unpaired) electrons. The second kappa shape index (κ2) is 20.0. The molecule has 232 valence electrons. The van der Waals surface area contributed by atoms with Gasteiger partial charge in [-0.1, -0.05) is 103 Å². The third-order valence-electron chi connectivity index (χ3n) is 7.70. The number of unbranched alkanes of at least 4 members (excludes halogenated alkanes) is 15. The topological polar surface area (TPSA) is 94.1 Å². The third kappa shape index (κ3) is 15.8. The standard InChI is InChI=1S/C31H56NO7P/c1-4-5-6-7-8-9-10-11-12-13-14-15-16-17-18-19-23-36-26-30(38-28(2)33)27-37-40(34,35)39-31-25-32(3)22-20-21-29(31)24-32/h20-21,24,30-31H,4-19,22-23,25-27H2,1-3H3. The lowest BCUT2D eigenvalue weighted by molar-refractivity contribution is -0.850. The number of phosphoric acid groups is 1. The summed E-state index contributed by atoms with van der Waals surface area (Å²) in [5.74, 6) is -0.508. The highest BCUT2D eigenvalue weighted by molar-refractivity contribution is 7.45. The maximum atomic E-state index is 12.5. The molecule has 0 amide bonds. The van der Waals surface area contributed by atoms with E-state index in [1.807, 2.05) is 25.4 Å². The average molecular weight is 586 g/mol. The molecule has 9 heteroatoms. The summed E-state index contributed by atoms with van der Waals surface area (Å²) in [7, 11) is -2.55. The molecular weight excluding hydrogens is 529 g/mol. The van der Waals surface area contributed by atoms with Crippen LogP contribution in [0.15, 0.2) is 23.9 Å². The van der Waals surface area contributed by atoms with Crippen LogP contribution in [0.4, 0.5) is 0 Å². The Bertz CT molecular complexity index is 818. The summed E-state index contributed by atoms with van der Waals surface area (Å²) in [6.45, 7) is 5.20. The van der Waals surface area contributed by atoms with Crippen LogP contribution in [0.2, 0.25) is 0 Å². The molecule has 2 rings (SSSR count). The molecule has 0 saturated carbocycles. The van der Waals surface area contributed by atoms with Crippen LogP contribution in [0.3, 0.4) is 0 Å². The van der Waals surface area contributed by atoms with Crippen molar-refractivity contribution in [2.45, 2.75) is 129 Å². The molecule has 2 aliphatic rings. The van der Waals surface area contributed by atoms with E-state index < -0.39 is 26.0 Å². The number of phosphoric ester groups is 1. The zero-order valence-electron chi connectivity index (χ0n) is 25.5. The highest BCUT2D eigenvalue weighted by Gasteiger charge is 2.39. The lowest BCUT2D eigenvalue weighted by Gasteiger charge is -2.29. The van der Waals surface area contributed by atoms with E-state index in [-0.39, 0.29) is 13.2 Å². The zero-order chi connectivity index (χ0) is 29.1. The second-order valence-electron chi connectivity index (χ2n) is 11.8. The number of ether oxygens (including phenoxy) is 2. The average Bonchev–Trinajstić information content (AvgIpc) is 3.11. The van der Waals surface area contributed by atoms with Gasteiger partial charge in [0.1, 0.15) is 31.5 Å². The van der Waals surface area contributed by atoms with E-state index >= 15 is 0 Å². The van der Waals surface area contributed by atoms with Crippen molar-refractivity contribution in [3.8, 4) is 0 Å². The first kappa shape index (κ1) is 35.2. The fourth-order valence-corrected chi connectivity index (χ4v) is 6.37. The molecule has 0 aliphatic carbocycles. The number of hydrogen-bond donors (Lipinski definition) is 0. The number of quaternary nitrogens is 1. The van der Waals surface area contributed by atoms with Crippen LogP contribution in [0.25, 0.3) is 0 Å². The number of likely N-dealkylation sites (N-methyl/N-ethyl adjacent to an activating group) is 1. The van der Waals surface area contributed by atoms with Crippen LogP contribution in [0.1, 0.15) is 117 Å². The Labute approximate surface area is 243 Å². The summed E-state index contributed by atoms with van der Waals surface area (Å²) in [4.78, 5) is 23.9. The molecule has 40 heavy (non-hydrogen) atoms. The minimum Gasteiger partial charge on any atom is -0.756 e. The Balaban J connectivity index is 1.46. The molecule has 4 unspecified atom stereocenters. The number of carbonyl (C=O) groups is 1. The van der Waals surface area contributed by atoms with E-state index in [1.165, 1.54) is 96.8 Å². The predicted molar refractivity (Wildman–Crippen MR) is 157 cm³/mol. The summed E-state index contributed by atoms with van der Waals surface area (Å²) < 4.78 is 34.4. The highest BCUT2D eigenvalue weighted by atomic mass is 31.2. The molecule has 0 aromatic heterocycles. The van der Waals surface area contributed by atoms with Gasteiger partial charge in [0.2, 0.25) is 0 Å². The summed E-state index contributed by atoms with van der Waals surface area (Å²) in [5, 5.41) is 0. The summed E-state index contributed by atoms with van der Waals surface area (Å²) in [6, 6.07) is 0. The molecule has 0 saturated heterocycles. The zero-order valence-corrected chi connectivity index (χ0v) is 26.4. The Morgan fingerprint density at radius 3 is 2.02 bits per heavy atom. The van der Waals surface area contributed by atoms with Gasteiger partial charge in [0.05, 0.1) is 20.3 Å². The van der Waals surface area contributed by atoms with Crippen molar-refractivity contribution < 1.29 is 37.3 Å². The van der Waals surface area contributed by atoms with Gasteiger partial charge in [0.25, 0.3) is 7.82 Å². The van der Waals surface area contributed by atoms with Crippen molar-refractivity contribution in [3.05, 3.63) is 23.9 Å². The Morgan fingerprint density at radius 1 is 0.950 bits per heavy atom. The van der Waals surface area contributed by atoms with Crippen LogP contribution >= 0.6 is 7.82 Å². The highest BCUT2D eigenvalue weighted by Crippen LogP contribution is 2.44. The van der Waals surface area contributed by atoms with Gasteiger partial charge in [-0.3, -0.25) is 13.8 Å². The number of carbonyl (C=O) groups excluding carboxylic acids is 1. The number of fused-ring (bicyclic) bond motifs is 1. The lowest BCUT2D eigenvalue weighted by Crippen LogP contribution is -2.39. The molecule has 0 spiro atoms. The minimum atomic E-state index is -4.58. The number of rotatable bonds is 25. The largest absolute Gasteiger partial charge is 0.756 e. The molecule has 2 aliphatic heterocycles. The van der Waals surface area contributed by atoms with Crippen LogP contribution in [-0.2, 0) is 27.9 Å². The number of esters is 1. The van der Waals surface area contributed by atoms with Crippen molar-refractivity contribution in [1.82, 2.24) is 0 Å². The summed E-state index contributed by atoms with van der Waals surface area (Å²) in [5.41, 5.74) is 0.840. The van der Waals surface area contributed by atoms with Gasteiger partial charge in [0, 0.05) is 19.1 Å². The fraction of sp³-hybridized carbons (Fsp3) is 0.839. The van der Waals surface area contributed by atoms with Gasteiger partial charge in [-0.25, -0.2) is 0 Å². The van der Waals surface area contributed by atoms with Crippen LogP contribution < -0.4 is 4.89 Å². The molecule has 0 aromatic carbocycles. The normalized spacial score (nSPS) is 22.2. The maximum absolute atomic E-state index is 12.5. The molecule has 4 atom stereocenters. The molecule has 0 N–H and O–H groups in total. The quantitative estimate of drug-likeness (QED) is 0.0494. The van der Waals surface area contributed by atoms with E-state index in [9.17, 15) is 14.3 Å². The first-order valence-corrected chi connectivity index (χ1v) is 17.3. The molecular formula is C31H56NO7P. The van der Waals surface area contributed by atoms with E-state index in [4.69, 9.17) is 18.5 Å². The molecule has 8 nitrogen and oxygen atoms in total. The SMILES string of the molecule is CCCCCCCCCCCCCCCCCCOCC(COP(=O)([O-])OC1C[N+]2(C)C=C1C=CC2)OC(C)=O. The van der Waals surface area contributed by atoms with Crippen molar-refractivity contribution in [2.75, 3.05) is 40.0 Å². The molecule has 0 aromatic rings. The Kier molecular flexibility index (Phi) is 17.6. The fourth-order valence-electron chi connectivity index (χ4n) is 5.46. The van der Waals surface area contributed by atoms with Gasteiger partial charge in [-0.05, 0) is 18.6 Å². The molecule has 2 heterocycles. The number of nitrogens with zero attached hydrogens (tertiary/aromatic N) is 1. The smallest absolute Gasteiger partial charge is 0.303 e. The van der Waals surface area contributed by atoms with Gasteiger partial charge in [0.15, 0.2) is 0 Å². The van der Waals surface area contributed by atoms with E-state index in [2.05, 4.69) is 6.92 Å². The van der Waals surface area contributed by atoms with E-state index in [1.54, 1.807) is 0 Å². The lowest BCUT2D eigenvalue weighted by atomic mass is 10.0. The predicted octanol–water partition coefficient (Wildman–Crippen LogP) is 6.98. The van der Waals surface area contributed by atoms with Gasteiger partial charge in [-0.15, -0.1) is 0 Å². The van der Waals surface area contributed by atoms with Crippen molar-refractivity contribution >= 4 is 13.8 Å². The number of hydrogen-bond acceptors (Lipinski definition) is 7. The second-order valence-corrected chi connectivity index (χ2v) is 13.2. The monoisotopic (exact) mass is 585 g/mol. The van der Waals surface area contributed by atoms with Gasteiger partial charge >= 0.3 is 5.97 Å². The third-order valence-corrected chi connectivity index (χ3v) is 8.68. The first-order valence-electron chi connectivity index (χ1n) is 15.9. The summed E-state index contributed by atoms with van der Waals surface area (Å²) >= 11 is 0.